The Morgan fingerprint density at radius 1 is 1.19 bits per heavy atom. The van der Waals surface area contributed by atoms with Crippen molar-refractivity contribution in [1.82, 2.24) is 19.7 Å². The van der Waals surface area contributed by atoms with Crippen molar-refractivity contribution in [2.24, 2.45) is 0 Å². The molecule has 4 rings (SSSR count). The first-order valence-electron chi connectivity index (χ1n) is 10.5. The summed E-state index contributed by atoms with van der Waals surface area (Å²) in [6.45, 7) is 4.79. The number of benzene rings is 2. The number of anilines is 1. The lowest BCUT2D eigenvalue weighted by Gasteiger charge is -2.16. The first kappa shape index (κ1) is 22.6. The number of methoxy groups -OCH3 is 1. The van der Waals surface area contributed by atoms with Gasteiger partial charge in [-0.05, 0) is 56.6 Å². The van der Waals surface area contributed by atoms with Gasteiger partial charge in [-0.1, -0.05) is 41.6 Å². The van der Waals surface area contributed by atoms with Crippen molar-refractivity contribution in [2.75, 3.05) is 31.3 Å². The van der Waals surface area contributed by atoms with Gasteiger partial charge in [-0.2, -0.15) is 0 Å². The first-order valence-corrected chi connectivity index (χ1v) is 11.9. The summed E-state index contributed by atoms with van der Waals surface area (Å²) in [6.07, 6.45) is 2.43. The van der Waals surface area contributed by atoms with E-state index >= 15 is 0 Å². The maximum atomic E-state index is 12.7. The van der Waals surface area contributed by atoms with E-state index in [0.29, 0.717) is 21.6 Å². The van der Waals surface area contributed by atoms with Gasteiger partial charge in [0.2, 0.25) is 5.91 Å². The van der Waals surface area contributed by atoms with Crippen LogP contribution in [0.4, 0.5) is 5.69 Å². The van der Waals surface area contributed by atoms with E-state index in [2.05, 4.69) is 20.4 Å². The summed E-state index contributed by atoms with van der Waals surface area (Å²) >= 11 is 7.52. The van der Waals surface area contributed by atoms with E-state index in [4.69, 9.17) is 16.3 Å². The van der Waals surface area contributed by atoms with Gasteiger partial charge in [-0.25, -0.2) is 0 Å². The molecule has 0 bridgehead atoms. The van der Waals surface area contributed by atoms with E-state index in [-0.39, 0.29) is 11.7 Å². The molecule has 32 heavy (non-hydrogen) atoms. The van der Waals surface area contributed by atoms with Crippen LogP contribution >= 0.6 is 23.4 Å². The van der Waals surface area contributed by atoms with Crippen LogP contribution < -0.4 is 10.1 Å². The number of nitrogens with one attached hydrogen (secondary N) is 1. The topological polar surface area (TPSA) is 72.3 Å². The highest BCUT2D eigenvalue weighted by Gasteiger charge is 2.20. The molecule has 7 nitrogen and oxygen atoms in total. The number of aromatic nitrogens is 3. The summed E-state index contributed by atoms with van der Waals surface area (Å²) in [5.74, 6) is 1.45. The van der Waals surface area contributed by atoms with Crippen LogP contribution in [-0.2, 0) is 11.3 Å². The molecule has 1 aliphatic rings. The van der Waals surface area contributed by atoms with Gasteiger partial charge in [0, 0.05) is 16.8 Å². The lowest BCUT2D eigenvalue weighted by molar-refractivity contribution is -0.113. The second-order valence-corrected chi connectivity index (χ2v) is 9.04. The molecule has 1 aliphatic heterocycles. The van der Waals surface area contributed by atoms with Crippen molar-refractivity contribution < 1.29 is 9.53 Å². The highest BCUT2D eigenvalue weighted by molar-refractivity contribution is 7.99. The number of halogens is 1. The van der Waals surface area contributed by atoms with Gasteiger partial charge in [0.25, 0.3) is 0 Å². The molecule has 3 aromatic rings. The van der Waals surface area contributed by atoms with Crippen molar-refractivity contribution in [2.45, 2.75) is 31.5 Å². The summed E-state index contributed by atoms with van der Waals surface area (Å²) < 4.78 is 7.40. The Hall–Kier alpha value is -2.55. The van der Waals surface area contributed by atoms with Gasteiger partial charge in [0.1, 0.15) is 5.75 Å². The molecule has 0 aliphatic carbocycles. The molecule has 0 spiro atoms. The van der Waals surface area contributed by atoms with Gasteiger partial charge >= 0.3 is 0 Å². The molecule has 0 atom stereocenters. The summed E-state index contributed by atoms with van der Waals surface area (Å²) in [6, 6.07) is 13.5. The van der Waals surface area contributed by atoms with Crippen LogP contribution in [0, 0.1) is 6.92 Å². The summed E-state index contributed by atoms with van der Waals surface area (Å²) in [5, 5.41) is 13.1. The van der Waals surface area contributed by atoms with E-state index in [9.17, 15) is 4.79 Å². The number of carbonyl (C=O) groups excluding carboxylic acids is 1. The van der Waals surface area contributed by atoms with E-state index < -0.39 is 0 Å². The van der Waals surface area contributed by atoms with E-state index in [1.807, 2.05) is 47.9 Å². The number of thioether (sulfide) groups is 1. The number of para-hydroxylation sites is 1. The van der Waals surface area contributed by atoms with E-state index in [1.165, 1.54) is 24.6 Å². The zero-order valence-corrected chi connectivity index (χ0v) is 19.7. The van der Waals surface area contributed by atoms with Crippen molar-refractivity contribution in [3.8, 4) is 11.4 Å². The van der Waals surface area contributed by atoms with Crippen LogP contribution in [0.1, 0.15) is 24.2 Å². The lowest BCUT2D eigenvalue weighted by Crippen LogP contribution is -2.21. The summed E-state index contributed by atoms with van der Waals surface area (Å²) in [7, 11) is 1.55. The number of hydrogen-bond donors (Lipinski definition) is 1. The number of rotatable bonds is 8. The van der Waals surface area contributed by atoms with Crippen molar-refractivity contribution >= 4 is 35.0 Å². The molecular formula is C23H26ClN5O2S. The second kappa shape index (κ2) is 10.4. The molecule has 1 amide bonds. The van der Waals surface area contributed by atoms with Gasteiger partial charge in [0.05, 0.1) is 25.1 Å². The number of amides is 1. The Labute approximate surface area is 197 Å². The largest absolute Gasteiger partial charge is 0.495 e. The van der Waals surface area contributed by atoms with Crippen LogP contribution in [0.5, 0.6) is 5.75 Å². The fourth-order valence-corrected chi connectivity index (χ4v) is 4.64. The number of nitrogens with zero attached hydrogens (tertiary/aromatic N) is 4. The molecule has 0 saturated carbocycles. The molecule has 1 fully saturated rings. The van der Waals surface area contributed by atoms with Crippen molar-refractivity contribution in [1.29, 1.82) is 0 Å². The number of carbonyl (C=O) groups is 1. The molecule has 1 saturated heterocycles. The fourth-order valence-electron chi connectivity index (χ4n) is 3.72. The van der Waals surface area contributed by atoms with Gasteiger partial charge in [0.15, 0.2) is 11.0 Å². The SMILES string of the molecule is COc1cc(Cl)c(C)cc1NC(=O)CSc1nnc(CN2CCCC2)n1-c1ccccc1. The predicted octanol–water partition coefficient (Wildman–Crippen LogP) is 4.56. The minimum absolute atomic E-state index is 0.154. The van der Waals surface area contributed by atoms with Gasteiger partial charge in [-0.15, -0.1) is 10.2 Å². The van der Waals surface area contributed by atoms with E-state index in [1.54, 1.807) is 13.2 Å². The molecule has 2 aromatic carbocycles. The monoisotopic (exact) mass is 471 g/mol. The number of ether oxygens (including phenoxy) is 1. The van der Waals surface area contributed by atoms with Crippen LogP contribution in [0.25, 0.3) is 5.69 Å². The Kier molecular flexibility index (Phi) is 7.34. The quantitative estimate of drug-likeness (QED) is 0.485. The Morgan fingerprint density at radius 2 is 1.94 bits per heavy atom. The van der Waals surface area contributed by atoms with Crippen LogP contribution in [0.2, 0.25) is 5.02 Å². The third-order valence-corrected chi connectivity index (χ3v) is 6.70. The van der Waals surface area contributed by atoms with Gasteiger partial charge in [-0.3, -0.25) is 14.3 Å². The lowest BCUT2D eigenvalue weighted by atomic mass is 10.2. The zero-order valence-electron chi connectivity index (χ0n) is 18.2. The molecular weight excluding hydrogens is 446 g/mol. The first-order chi connectivity index (χ1) is 15.5. The molecule has 0 radical (unpaired) electrons. The minimum Gasteiger partial charge on any atom is -0.495 e. The smallest absolute Gasteiger partial charge is 0.234 e. The van der Waals surface area contributed by atoms with Crippen LogP contribution in [-0.4, -0.2) is 51.5 Å². The van der Waals surface area contributed by atoms with Crippen molar-refractivity contribution in [3.63, 3.8) is 0 Å². The maximum Gasteiger partial charge on any atom is 0.234 e. The molecule has 1 N–H and O–H groups in total. The number of likely N-dealkylation sites (tertiary alicyclic amines) is 1. The maximum absolute atomic E-state index is 12.7. The Balaban J connectivity index is 1.50. The summed E-state index contributed by atoms with van der Waals surface area (Å²) in [5.41, 5.74) is 2.45. The normalized spacial score (nSPS) is 14.0. The minimum atomic E-state index is -0.154. The highest BCUT2D eigenvalue weighted by atomic mass is 35.5. The van der Waals surface area contributed by atoms with E-state index in [0.717, 1.165) is 36.7 Å². The third-order valence-electron chi connectivity index (χ3n) is 5.37. The number of aryl methyl sites for hydroxylation is 1. The standard InChI is InChI=1S/C23H26ClN5O2S/c1-16-12-19(20(31-2)13-18(16)24)25-22(30)15-32-23-27-26-21(14-28-10-6-7-11-28)29(23)17-8-4-3-5-9-17/h3-5,8-9,12-13H,6-7,10-11,14-15H2,1-2H3,(H,25,30). The molecule has 9 heteroatoms. The van der Waals surface area contributed by atoms with Gasteiger partial charge < -0.3 is 10.1 Å². The predicted molar refractivity (Wildman–Crippen MR) is 128 cm³/mol. The van der Waals surface area contributed by atoms with Crippen LogP contribution in [0.3, 0.4) is 0 Å². The average molecular weight is 472 g/mol. The summed E-state index contributed by atoms with van der Waals surface area (Å²) in [4.78, 5) is 15.1. The third kappa shape index (κ3) is 5.26. The highest BCUT2D eigenvalue weighted by Crippen LogP contribution is 2.31. The Bertz CT molecular complexity index is 1080. The molecule has 0 unspecified atom stereocenters. The molecule has 2 heterocycles. The molecule has 168 valence electrons. The Morgan fingerprint density at radius 3 is 2.66 bits per heavy atom. The zero-order chi connectivity index (χ0) is 22.5. The second-order valence-electron chi connectivity index (χ2n) is 7.69. The average Bonchev–Trinajstić information content (AvgIpc) is 3.45. The van der Waals surface area contributed by atoms with Crippen molar-refractivity contribution in [3.05, 3.63) is 58.9 Å². The molecule has 1 aromatic heterocycles. The van der Waals surface area contributed by atoms with Crippen LogP contribution in [0.15, 0.2) is 47.6 Å². The number of hydrogen-bond acceptors (Lipinski definition) is 6. The fraction of sp³-hybridized carbons (Fsp3) is 0.348.